The molecule has 1 atom stereocenters. The van der Waals surface area contributed by atoms with Crippen molar-refractivity contribution in [1.29, 1.82) is 0 Å². The molecule has 0 aliphatic carbocycles. The number of nitrogens with zero attached hydrogens (tertiary/aromatic N) is 4. The van der Waals surface area contributed by atoms with Crippen molar-refractivity contribution in [3.8, 4) is 11.5 Å². The van der Waals surface area contributed by atoms with Crippen molar-refractivity contribution < 1.29 is 9.21 Å². The van der Waals surface area contributed by atoms with Gasteiger partial charge in [-0.1, -0.05) is 78.9 Å². The van der Waals surface area contributed by atoms with E-state index in [4.69, 9.17) is 4.42 Å². The van der Waals surface area contributed by atoms with Crippen LogP contribution in [0.15, 0.2) is 95.4 Å². The maximum Gasteiger partial charge on any atom is 0.247 e. The average Bonchev–Trinajstić information content (AvgIpc) is 3.41. The normalized spacial score (nSPS) is 15.4. The SMILES string of the molecule is CC(c1nnc(-c2ccccc2)o1)N1CCN(C(=O)C(c2ccccc2)c2ccccc2)CC1. The lowest BCUT2D eigenvalue weighted by molar-refractivity contribution is -0.134. The van der Waals surface area contributed by atoms with Crippen LogP contribution in [-0.4, -0.2) is 52.1 Å². The molecule has 2 heterocycles. The van der Waals surface area contributed by atoms with E-state index in [1.807, 2.05) is 95.9 Å². The molecule has 1 aliphatic heterocycles. The third-order valence-corrected chi connectivity index (χ3v) is 6.51. The third-order valence-electron chi connectivity index (χ3n) is 6.51. The summed E-state index contributed by atoms with van der Waals surface area (Å²) in [6.45, 7) is 4.92. The van der Waals surface area contributed by atoms with Gasteiger partial charge in [0.2, 0.25) is 17.7 Å². The van der Waals surface area contributed by atoms with E-state index in [-0.39, 0.29) is 17.9 Å². The van der Waals surface area contributed by atoms with E-state index in [0.717, 1.165) is 29.8 Å². The molecule has 172 valence electrons. The van der Waals surface area contributed by atoms with Crippen LogP contribution in [0.2, 0.25) is 0 Å². The maximum absolute atomic E-state index is 13.7. The van der Waals surface area contributed by atoms with Crippen LogP contribution in [-0.2, 0) is 4.79 Å². The summed E-state index contributed by atoms with van der Waals surface area (Å²) in [7, 11) is 0. The number of aromatic nitrogens is 2. The second-order valence-electron chi connectivity index (χ2n) is 8.60. The summed E-state index contributed by atoms with van der Waals surface area (Å²) in [4.78, 5) is 18.0. The molecule has 5 rings (SSSR count). The summed E-state index contributed by atoms with van der Waals surface area (Å²) in [6, 6.07) is 29.9. The monoisotopic (exact) mass is 452 g/mol. The summed E-state index contributed by atoms with van der Waals surface area (Å²) in [5.74, 6) is 0.986. The van der Waals surface area contributed by atoms with Crippen LogP contribution in [0.5, 0.6) is 0 Å². The van der Waals surface area contributed by atoms with E-state index in [1.54, 1.807) is 0 Å². The summed E-state index contributed by atoms with van der Waals surface area (Å²) < 4.78 is 5.97. The Labute approximate surface area is 199 Å². The van der Waals surface area contributed by atoms with Crippen molar-refractivity contribution in [3.05, 3.63) is 108 Å². The second-order valence-corrected chi connectivity index (χ2v) is 8.60. The highest BCUT2D eigenvalue weighted by molar-refractivity contribution is 5.87. The van der Waals surface area contributed by atoms with Gasteiger partial charge in [0.15, 0.2) is 0 Å². The minimum absolute atomic E-state index is 0.0127. The van der Waals surface area contributed by atoms with Crippen LogP contribution in [0.4, 0.5) is 0 Å². The highest BCUT2D eigenvalue weighted by Gasteiger charge is 2.32. The van der Waals surface area contributed by atoms with Crippen LogP contribution >= 0.6 is 0 Å². The molecule has 4 aromatic rings. The van der Waals surface area contributed by atoms with Gasteiger partial charge in [-0.05, 0) is 30.2 Å². The first-order valence-electron chi connectivity index (χ1n) is 11.7. The summed E-state index contributed by atoms with van der Waals surface area (Å²) >= 11 is 0. The van der Waals surface area contributed by atoms with Crippen LogP contribution < -0.4 is 0 Å². The lowest BCUT2D eigenvalue weighted by atomic mass is 9.90. The molecule has 1 aliphatic rings. The third kappa shape index (κ3) is 4.63. The van der Waals surface area contributed by atoms with Crippen molar-refractivity contribution in [3.63, 3.8) is 0 Å². The zero-order chi connectivity index (χ0) is 23.3. The molecule has 3 aromatic carbocycles. The maximum atomic E-state index is 13.7. The van der Waals surface area contributed by atoms with Crippen LogP contribution in [0.25, 0.3) is 11.5 Å². The highest BCUT2D eigenvalue weighted by Crippen LogP contribution is 2.29. The summed E-state index contributed by atoms with van der Waals surface area (Å²) in [5, 5.41) is 8.52. The van der Waals surface area contributed by atoms with Crippen LogP contribution in [0.3, 0.4) is 0 Å². The zero-order valence-corrected chi connectivity index (χ0v) is 19.2. The fourth-order valence-electron chi connectivity index (χ4n) is 4.54. The molecule has 0 N–H and O–H groups in total. The molecule has 1 aromatic heterocycles. The Morgan fingerprint density at radius 1 is 0.765 bits per heavy atom. The van der Waals surface area contributed by atoms with Crippen molar-refractivity contribution in [2.75, 3.05) is 26.2 Å². The van der Waals surface area contributed by atoms with E-state index < -0.39 is 0 Å². The van der Waals surface area contributed by atoms with Crippen LogP contribution in [0.1, 0.15) is 35.9 Å². The van der Waals surface area contributed by atoms with Gasteiger partial charge in [0.25, 0.3) is 0 Å². The number of benzene rings is 3. The number of piperazine rings is 1. The van der Waals surface area contributed by atoms with E-state index in [2.05, 4.69) is 22.0 Å². The number of hydrogen-bond donors (Lipinski definition) is 0. The topological polar surface area (TPSA) is 62.5 Å². The van der Waals surface area contributed by atoms with Gasteiger partial charge in [0.05, 0.1) is 12.0 Å². The molecule has 0 bridgehead atoms. The van der Waals surface area contributed by atoms with E-state index in [1.165, 1.54) is 0 Å². The number of rotatable bonds is 6. The standard InChI is InChI=1S/C28H28N4O2/c1-21(26-29-30-27(34-26)24-15-9-4-10-16-24)31-17-19-32(20-18-31)28(33)25(22-11-5-2-6-12-22)23-13-7-3-8-14-23/h2-16,21,25H,17-20H2,1H3. The Morgan fingerprint density at radius 2 is 1.29 bits per heavy atom. The van der Waals surface area contributed by atoms with E-state index in [0.29, 0.717) is 24.9 Å². The number of carbonyl (C=O) groups excluding carboxylic acids is 1. The van der Waals surface area contributed by atoms with Crippen molar-refractivity contribution in [2.45, 2.75) is 18.9 Å². The molecule has 6 nitrogen and oxygen atoms in total. The summed E-state index contributed by atoms with van der Waals surface area (Å²) in [5.41, 5.74) is 2.96. The van der Waals surface area contributed by atoms with Gasteiger partial charge in [-0.2, -0.15) is 0 Å². The second kappa shape index (κ2) is 10.0. The Hall–Kier alpha value is -3.77. The Morgan fingerprint density at radius 3 is 1.85 bits per heavy atom. The molecular weight excluding hydrogens is 424 g/mol. The fourth-order valence-corrected chi connectivity index (χ4v) is 4.54. The molecule has 34 heavy (non-hydrogen) atoms. The molecule has 0 radical (unpaired) electrons. The molecule has 1 saturated heterocycles. The predicted octanol–water partition coefficient (Wildman–Crippen LogP) is 4.77. The van der Waals surface area contributed by atoms with Crippen molar-refractivity contribution >= 4 is 5.91 Å². The minimum Gasteiger partial charge on any atom is -0.419 e. The van der Waals surface area contributed by atoms with Gasteiger partial charge < -0.3 is 9.32 Å². The van der Waals surface area contributed by atoms with Gasteiger partial charge in [-0.25, -0.2) is 0 Å². The van der Waals surface area contributed by atoms with Gasteiger partial charge in [-0.15, -0.1) is 10.2 Å². The number of hydrogen-bond acceptors (Lipinski definition) is 5. The largest absolute Gasteiger partial charge is 0.419 e. The molecule has 1 unspecified atom stereocenters. The van der Waals surface area contributed by atoms with E-state index >= 15 is 0 Å². The van der Waals surface area contributed by atoms with Gasteiger partial charge in [-0.3, -0.25) is 9.69 Å². The smallest absolute Gasteiger partial charge is 0.247 e. The quantitative estimate of drug-likeness (QED) is 0.422. The lowest BCUT2D eigenvalue weighted by Gasteiger charge is -2.38. The Bertz CT molecular complexity index is 1160. The zero-order valence-electron chi connectivity index (χ0n) is 19.2. The molecular formula is C28H28N4O2. The Kier molecular flexibility index (Phi) is 6.49. The molecule has 6 heteroatoms. The van der Waals surface area contributed by atoms with Crippen molar-refractivity contribution in [1.82, 2.24) is 20.0 Å². The van der Waals surface area contributed by atoms with Gasteiger partial charge in [0, 0.05) is 31.7 Å². The lowest BCUT2D eigenvalue weighted by Crippen LogP contribution is -2.50. The molecule has 1 amide bonds. The molecule has 1 fully saturated rings. The van der Waals surface area contributed by atoms with Crippen LogP contribution in [0, 0.1) is 0 Å². The number of carbonyl (C=O) groups is 1. The van der Waals surface area contributed by atoms with Gasteiger partial charge in [0.1, 0.15) is 0 Å². The first-order chi connectivity index (χ1) is 16.7. The minimum atomic E-state index is -0.296. The van der Waals surface area contributed by atoms with E-state index in [9.17, 15) is 4.79 Å². The highest BCUT2D eigenvalue weighted by atomic mass is 16.4. The van der Waals surface area contributed by atoms with Gasteiger partial charge >= 0.3 is 0 Å². The summed E-state index contributed by atoms with van der Waals surface area (Å²) in [6.07, 6.45) is 0. The first kappa shape index (κ1) is 22.0. The average molecular weight is 453 g/mol. The predicted molar refractivity (Wildman–Crippen MR) is 131 cm³/mol. The Balaban J connectivity index is 1.27. The fraction of sp³-hybridized carbons (Fsp3) is 0.250. The molecule has 0 saturated carbocycles. The van der Waals surface area contributed by atoms with Crippen molar-refractivity contribution in [2.24, 2.45) is 0 Å². The molecule has 0 spiro atoms. The number of amides is 1. The first-order valence-corrected chi connectivity index (χ1v) is 11.7.